The van der Waals surface area contributed by atoms with Crippen molar-refractivity contribution in [1.82, 2.24) is 25.0 Å². The van der Waals surface area contributed by atoms with Gasteiger partial charge in [-0.2, -0.15) is 13.2 Å². The van der Waals surface area contributed by atoms with Crippen LogP contribution in [0, 0.1) is 0 Å². The lowest BCUT2D eigenvalue weighted by Crippen LogP contribution is -2.35. The molecule has 13 heteroatoms. The molecule has 1 aliphatic heterocycles. The number of piperidine rings is 1. The number of anilines is 1. The molecule has 4 rings (SSSR count). The predicted octanol–water partition coefficient (Wildman–Crippen LogP) is 2.71. The maximum Gasteiger partial charge on any atom is 0.490 e. The van der Waals surface area contributed by atoms with Crippen molar-refractivity contribution in [3.8, 4) is 0 Å². The molecule has 0 atom stereocenters. The molecular formula is C20H21F3N6O4. The van der Waals surface area contributed by atoms with Crippen LogP contribution in [0.3, 0.4) is 0 Å². The molecule has 1 saturated heterocycles. The van der Waals surface area contributed by atoms with E-state index in [0.717, 1.165) is 48.5 Å². The normalized spacial score (nSPS) is 14.6. The van der Waals surface area contributed by atoms with Crippen LogP contribution in [0.4, 0.5) is 19.0 Å². The Kier molecular flexibility index (Phi) is 7.41. The topological polar surface area (TPSA) is 134 Å². The molecule has 1 fully saturated rings. The second-order valence-corrected chi connectivity index (χ2v) is 7.32. The summed E-state index contributed by atoms with van der Waals surface area (Å²) < 4.78 is 33.6. The Labute approximate surface area is 185 Å². The molecule has 33 heavy (non-hydrogen) atoms. The molecular weight excluding hydrogens is 445 g/mol. The number of alkyl halides is 3. The molecule has 0 saturated carbocycles. The summed E-state index contributed by atoms with van der Waals surface area (Å²) in [6.45, 7) is 1.75. The van der Waals surface area contributed by atoms with Gasteiger partial charge in [-0.15, -0.1) is 5.10 Å². The zero-order chi connectivity index (χ0) is 24.0. The van der Waals surface area contributed by atoms with Crippen LogP contribution < -0.4 is 4.90 Å². The van der Waals surface area contributed by atoms with Gasteiger partial charge in [0, 0.05) is 25.7 Å². The van der Waals surface area contributed by atoms with E-state index in [1.54, 1.807) is 0 Å². The molecule has 176 valence electrons. The van der Waals surface area contributed by atoms with Crippen LogP contribution in [-0.2, 0) is 16.0 Å². The SMILES string of the molecule is O=C(O)C(F)(F)F.O=C(O)CCc1cn(C2CCN(c3cnc4ccccc4n3)CC2)nn1. The van der Waals surface area contributed by atoms with Crippen LogP contribution >= 0.6 is 0 Å². The quantitative estimate of drug-likeness (QED) is 0.582. The Bertz CT molecular complexity index is 1110. The van der Waals surface area contributed by atoms with Gasteiger partial charge in [-0.05, 0) is 25.0 Å². The number of rotatable bonds is 5. The van der Waals surface area contributed by atoms with Crippen molar-refractivity contribution < 1.29 is 33.0 Å². The molecule has 1 aromatic carbocycles. The van der Waals surface area contributed by atoms with E-state index in [9.17, 15) is 18.0 Å². The highest BCUT2D eigenvalue weighted by atomic mass is 19.4. The fourth-order valence-electron chi connectivity index (χ4n) is 3.30. The molecule has 0 unspecified atom stereocenters. The smallest absolute Gasteiger partial charge is 0.481 e. The first-order chi connectivity index (χ1) is 15.6. The van der Waals surface area contributed by atoms with E-state index in [2.05, 4.69) is 20.2 Å². The second kappa shape index (κ2) is 10.2. The second-order valence-electron chi connectivity index (χ2n) is 7.32. The van der Waals surface area contributed by atoms with Gasteiger partial charge >= 0.3 is 18.1 Å². The lowest BCUT2D eigenvalue weighted by atomic mass is 10.1. The zero-order valence-electron chi connectivity index (χ0n) is 17.3. The fourth-order valence-corrected chi connectivity index (χ4v) is 3.30. The third-order valence-corrected chi connectivity index (χ3v) is 4.99. The first-order valence-electron chi connectivity index (χ1n) is 10.0. The zero-order valence-corrected chi connectivity index (χ0v) is 17.3. The van der Waals surface area contributed by atoms with Crippen LogP contribution in [0.15, 0.2) is 36.7 Å². The van der Waals surface area contributed by atoms with E-state index in [1.807, 2.05) is 41.3 Å². The van der Waals surface area contributed by atoms with Crippen LogP contribution in [0.5, 0.6) is 0 Å². The van der Waals surface area contributed by atoms with Crippen LogP contribution in [-0.4, -0.2) is 66.4 Å². The van der Waals surface area contributed by atoms with Gasteiger partial charge in [0.2, 0.25) is 0 Å². The largest absolute Gasteiger partial charge is 0.490 e. The van der Waals surface area contributed by atoms with Crippen LogP contribution in [0.2, 0.25) is 0 Å². The Morgan fingerprint density at radius 3 is 2.33 bits per heavy atom. The van der Waals surface area contributed by atoms with Crippen molar-refractivity contribution >= 4 is 28.8 Å². The van der Waals surface area contributed by atoms with Gasteiger partial charge in [0.25, 0.3) is 0 Å². The summed E-state index contributed by atoms with van der Waals surface area (Å²) in [7, 11) is 0. The van der Waals surface area contributed by atoms with Crippen molar-refractivity contribution in [3.63, 3.8) is 0 Å². The van der Waals surface area contributed by atoms with E-state index in [1.165, 1.54) is 0 Å². The molecule has 3 heterocycles. The van der Waals surface area contributed by atoms with E-state index < -0.39 is 18.1 Å². The number of aryl methyl sites for hydroxylation is 1. The van der Waals surface area contributed by atoms with Gasteiger partial charge in [0.05, 0.1) is 35.4 Å². The molecule has 2 aromatic heterocycles. The lowest BCUT2D eigenvalue weighted by Gasteiger charge is -2.32. The fraction of sp³-hybridized carbons (Fsp3) is 0.400. The van der Waals surface area contributed by atoms with Crippen molar-refractivity contribution in [2.75, 3.05) is 18.0 Å². The first kappa shape index (κ1) is 23.9. The highest BCUT2D eigenvalue weighted by Gasteiger charge is 2.38. The van der Waals surface area contributed by atoms with Crippen molar-refractivity contribution in [2.24, 2.45) is 0 Å². The summed E-state index contributed by atoms with van der Waals surface area (Å²) in [5.74, 6) is -2.67. The minimum absolute atomic E-state index is 0.0811. The summed E-state index contributed by atoms with van der Waals surface area (Å²) in [4.78, 5) is 31.0. The maximum atomic E-state index is 10.7. The number of benzene rings is 1. The Hall–Kier alpha value is -3.77. The number of carbonyl (C=O) groups is 2. The molecule has 0 amide bonds. The van der Waals surface area contributed by atoms with Crippen molar-refractivity contribution in [3.05, 3.63) is 42.4 Å². The average molecular weight is 466 g/mol. The first-order valence-corrected chi connectivity index (χ1v) is 10.0. The van der Waals surface area contributed by atoms with Gasteiger partial charge in [0.15, 0.2) is 0 Å². The number of fused-ring (bicyclic) bond motifs is 1. The minimum Gasteiger partial charge on any atom is -0.481 e. The number of para-hydroxylation sites is 2. The molecule has 10 nitrogen and oxygen atoms in total. The van der Waals surface area contributed by atoms with Gasteiger partial charge in [-0.25, -0.2) is 14.5 Å². The molecule has 2 N–H and O–H groups in total. The van der Waals surface area contributed by atoms with Crippen molar-refractivity contribution in [1.29, 1.82) is 0 Å². The maximum absolute atomic E-state index is 10.7. The summed E-state index contributed by atoms with van der Waals surface area (Å²) in [6.07, 6.45) is 1.01. The molecule has 0 bridgehead atoms. The van der Waals surface area contributed by atoms with Crippen molar-refractivity contribution in [2.45, 2.75) is 37.9 Å². The Morgan fingerprint density at radius 1 is 1.09 bits per heavy atom. The number of hydrogen-bond donors (Lipinski definition) is 2. The van der Waals surface area contributed by atoms with E-state index in [4.69, 9.17) is 20.0 Å². The predicted molar refractivity (Wildman–Crippen MR) is 110 cm³/mol. The standard InChI is InChI=1S/C18H20N6O2.C2HF3O2/c25-18(26)6-5-13-12-24(22-21-13)14-7-9-23(10-8-14)17-11-19-15-3-1-2-4-16(15)20-17;3-2(4,5)1(6)7/h1-4,11-12,14H,5-10H2,(H,25,26);(H,6,7). The highest BCUT2D eigenvalue weighted by molar-refractivity contribution is 5.75. The molecule has 0 aliphatic carbocycles. The molecule has 0 spiro atoms. The molecule has 3 aromatic rings. The monoisotopic (exact) mass is 466 g/mol. The number of nitrogens with zero attached hydrogens (tertiary/aromatic N) is 6. The summed E-state index contributed by atoms with van der Waals surface area (Å²) in [5.41, 5.74) is 2.55. The van der Waals surface area contributed by atoms with Gasteiger partial charge in [-0.3, -0.25) is 9.78 Å². The van der Waals surface area contributed by atoms with Crippen LogP contribution in [0.1, 0.15) is 31.0 Å². The Morgan fingerprint density at radius 2 is 1.73 bits per heavy atom. The number of aromatic nitrogens is 5. The third kappa shape index (κ3) is 6.60. The summed E-state index contributed by atoms with van der Waals surface area (Å²) in [6, 6.07) is 8.16. The number of carboxylic acid groups (broad SMARTS) is 2. The number of carboxylic acids is 2. The third-order valence-electron chi connectivity index (χ3n) is 4.99. The number of hydrogen-bond acceptors (Lipinski definition) is 7. The van der Waals surface area contributed by atoms with E-state index in [0.29, 0.717) is 6.42 Å². The molecule has 0 radical (unpaired) electrons. The number of aliphatic carboxylic acids is 2. The summed E-state index contributed by atoms with van der Waals surface area (Å²) in [5, 5.41) is 24.2. The summed E-state index contributed by atoms with van der Waals surface area (Å²) >= 11 is 0. The highest BCUT2D eigenvalue weighted by Crippen LogP contribution is 2.25. The van der Waals surface area contributed by atoms with Gasteiger partial charge in [-0.1, -0.05) is 17.3 Å². The van der Waals surface area contributed by atoms with Crippen LogP contribution in [0.25, 0.3) is 11.0 Å². The average Bonchev–Trinajstić information content (AvgIpc) is 3.26. The number of halogens is 3. The van der Waals surface area contributed by atoms with Gasteiger partial charge < -0.3 is 15.1 Å². The van der Waals surface area contributed by atoms with E-state index >= 15 is 0 Å². The Balaban J connectivity index is 0.000000383. The van der Waals surface area contributed by atoms with Gasteiger partial charge in [0.1, 0.15) is 5.82 Å². The minimum atomic E-state index is -5.08. The molecule has 1 aliphatic rings. The van der Waals surface area contributed by atoms with E-state index in [-0.39, 0.29) is 12.5 Å². The lowest BCUT2D eigenvalue weighted by molar-refractivity contribution is -0.192.